The second kappa shape index (κ2) is 5.54. The maximum absolute atomic E-state index is 13.4. The summed E-state index contributed by atoms with van der Waals surface area (Å²) in [5.41, 5.74) is -0.684. The van der Waals surface area contributed by atoms with Crippen molar-refractivity contribution in [3.05, 3.63) is 47.3 Å². The standard InChI is InChI=1S/C16H17F3O2/c1-9(17)7-11-14(16(11,2)3)15(20)21-8-10-12(18)5-4-6-13(10)19/h4-7,11,14H,8H2,1-3H3/t11-,14+/m1/s1. The zero-order chi connectivity index (χ0) is 15.8. The van der Waals surface area contributed by atoms with Crippen LogP contribution in [0.25, 0.3) is 0 Å². The van der Waals surface area contributed by atoms with Gasteiger partial charge >= 0.3 is 5.97 Å². The number of hydrogen-bond acceptors (Lipinski definition) is 2. The third-order valence-electron chi connectivity index (χ3n) is 3.99. The molecular weight excluding hydrogens is 281 g/mol. The monoisotopic (exact) mass is 298 g/mol. The van der Waals surface area contributed by atoms with Gasteiger partial charge in [-0.15, -0.1) is 0 Å². The summed E-state index contributed by atoms with van der Waals surface area (Å²) in [4.78, 5) is 12.0. The smallest absolute Gasteiger partial charge is 0.310 e. The van der Waals surface area contributed by atoms with E-state index in [1.54, 1.807) is 0 Å². The highest BCUT2D eigenvalue weighted by Gasteiger charge is 2.61. The van der Waals surface area contributed by atoms with Crippen molar-refractivity contribution in [3.63, 3.8) is 0 Å². The molecule has 1 saturated carbocycles. The van der Waals surface area contributed by atoms with Crippen molar-refractivity contribution >= 4 is 5.97 Å². The number of carbonyl (C=O) groups excluding carboxylic acids is 1. The van der Waals surface area contributed by atoms with Crippen LogP contribution in [0, 0.1) is 28.9 Å². The number of hydrogen-bond donors (Lipinski definition) is 0. The molecule has 0 aliphatic heterocycles. The van der Waals surface area contributed by atoms with Crippen molar-refractivity contribution in [2.75, 3.05) is 0 Å². The van der Waals surface area contributed by atoms with E-state index in [1.807, 2.05) is 13.8 Å². The van der Waals surface area contributed by atoms with E-state index >= 15 is 0 Å². The van der Waals surface area contributed by atoms with E-state index in [1.165, 1.54) is 19.1 Å². The molecule has 21 heavy (non-hydrogen) atoms. The maximum Gasteiger partial charge on any atom is 0.310 e. The molecule has 0 saturated heterocycles. The lowest BCUT2D eigenvalue weighted by Crippen LogP contribution is -2.12. The first-order valence-electron chi connectivity index (χ1n) is 6.68. The van der Waals surface area contributed by atoms with Crippen molar-refractivity contribution < 1.29 is 22.7 Å². The van der Waals surface area contributed by atoms with Gasteiger partial charge < -0.3 is 4.74 Å². The minimum atomic E-state index is -0.756. The van der Waals surface area contributed by atoms with Crippen LogP contribution < -0.4 is 0 Å². The fraction of sp³-hybridized carbons (Fsp3) is 0.438. The van der Waals surface area contributed by atoms with Crippen LogP contribution in [0.15, 0.2) is 30.1 Å². The molecule has 114 valence electrons. The summed E-state index contributed by atoms with van der Waals surface area (Å²) in [6.07, 6.45) is 1.38. The Labute approximate surface area is 121 Å². The average Bonchev–Trinajstić information content (AvgIpc) is 2.89. The third-order valence-corrected chi connectivity index (χ3v) is 3.99. The van der Waals surface area contributed by atoms with E-state index in [9.17, 15) is 18.0 Å². The van der Waals surface area contributed by atoms with Crippen LogP contribution in [0.4, 0.5) is 13.2 Å². The Bertz CT molecular complexity index is 569. The molecular formula is C16H17F3O2. The topological polar surface area (TPSA) is 26.3 Å². The minimum absolute atomic E-state index is 0.250. The number of esters is 1. The number of rotatable bonds is 4. The largest absolute Gasteiger partial charge is 0.460 e. The van der Waals surface area contributed by atoms with Crippen molar-refractivity contribution in [1.82, 2.24) is 0 Å². The van der Waals surface area contributed by atoms with Gasteiger partial charge in [0.1, 0.15) is 18.2 Å². The van der Waals surface area contributed by atoms with Gasteiger partial charge in [-0.3, -0.25) is 4.79 Å². The van der Waals surface area contributed by atoms with E-state index in [0.717, 1.165) is 12.1 Å². The molecule has 0 aromatic heterocycles. The highest BCUT2D eigenvalue weighted by molar-refractivity contribution is 5.78. The molecule has 1 aromatic rings. The van der Waals surface area contributed by atoms with Gasteiger partial charge in [0.05, 0.1) is 17.3 Å². The lowest BCUT2D eigenvalue weighted by molar-refractivity contribution is -0.147. The van der Waals surface area contributed by atoms with Crippen molar-refractivity contribution in [3.8, 4) is 0 Å². The molecule has 0 amide bonds. The van der Waals surface area contributed by atoms with E-state index < -0.39 is 35.5 Å². The van der Waals surface area contributed by atoms with Crippen LogP contribution in [-0.4, -0.2) is 5.97 Å². The lowest BCUT2D eigenvalue weighted by atomic mass is 10.1. The summed E-state index contributed by atoms with van der Waals surface area (Å²) in [7, 11) is 0. The molecule has 1 aliphatic carbocycles. The molecule has 2 atom stereocenters. The highest BCUT2D eigenvalue weighted by atomic mass is 19.1. The van der Waals surface area contributed by atoms with E-state index in [0.29, 0.717) is 0 Å². The Kier molecular flexibility index (Phi) is 4.12. The Balaban J connectivity index is 2.02. The van der Waals surface area contributed by atoms with E-state index in [4.69, 9.17) is 4.74 Å². The molecule has 1 aliphatic rings. The van der Waals surface area contributed by atoms with Crippen LogP contribution in [0.5, 0.6) is 0 Å². The Hall–Kier alpha value is -1.78. The van der Waals surface area contributed by atoms with E-state index in [-0.39, 0.29) is 17.3 Å². The average molecular weight is 298 g/mol. The van der Waals surface area contributed by atoms with Crippen molar-refractivity contribution in [2.24, 2.45) is 17.3 Å². The van der Waals surface area contributed by atoms with Crippen LogP contribution >= 0.6 is 0 Å². The zero-order valence-electron chi connectivity index (χ0n) is 12.1. The molecule has 1 fully saturated rings. The molecule has 2 rings (SSSR count). The van der Waals surface area contributed by atoms with Gasteiger partial charge in [0.25, 0.3) is 0 Å². The normalized spacial score (nSPS) is 23.8. The summed E-state index contributed by atoms with van der Waals surface area (Å²) in [6.45, 7) is 4.50. The zero-order valence-corrected chi connectivity index (χ0v) is 12.1. The fourth-order valence-corrected chi connectivity index (χ4v) is 2.59. The number of halogens is 3. The third kappa shape index (κ3) is 3.12. The van der Waals surface area contributed by atoms with Crippen molar-refractivity contribution in [2.45, 2.75) is 27.4 Å². The first-order chi connectivity index (χ1) is 9.75. The second-order valence-electron chi connectivity index (χ2n) is 5.89. The van der Waals surface area contributed by atoms with E-state index in [2.05, 4.69) is 0 Å². The van der Waals surface area contributed by atoms with Crippen LogP contribution in [0.1, 0.15) is 26.3 Å². The van der Waals surface area contributed by atoms with Gasteiger partial charge in [-0.1, -0.05) is 19.9 Å². The quantitative estimate of drug-likeness (QED) is 0.780. The SMILES string of the molecule is CC(F)=C[C@@H]1[C@@H](C(=O)OCc2c(F)cccc2F)C1(C)C. The molecule has 1 aromatic carbocycles. The fourth-order valence-electron chi connectivity index (χ4n) is 2.59. The van der Waals surface area contributed by atoms with Crippen LogP contribution in [-0.2, 0) is 16.1 Å². The van der Waals surface area contributed by atoms with Gasteiger partial charge in [-0.25, -0.2) is 13.2 Å². The second-order valence-corrected chi connectivity index (χ2v) is 5.89. The summed E-state index contributed by atoms with van der Waals surface area (Å²) < 4.78 is 44.8. The molecule has 5 heteroatoms. The van der Waals surface area contributed by atoms with Gasteiger partial charge in [-0.2, -0.15) is 0 Å². The summed E-state index contributed by atoms with van der Waals surface area (Å²) in [5.74, 6) is -3.17. The number of allylic oxidation sites excluding steroid dienone is 2. The number of benzene rings is 1. The Morgan fingerprint density at radius 2 is 1.90 bits per heavy atom. The summed E-state index contributed by atoms with van der Waals surface area (Å²) >= 11 is 0. The minimum Gasteiger partial charge on any atom is -0.460 e. The highest BCUT2D eigenvalue weighted by Crippen LogP contribution is 2.59. The van der Waals surface area contributed by atoms with Gasteiger partial charge in [0, 0.05) is 0 Å². The van der Waals surface area contributed by atoms with Crippen molar-refractivity contribution in [1.29, 1.82) is 0 Å². The van der Waals surface area contributed by atoms with Gasteiger partial charge in [0.2, 0.25) is 0 Å². The Morgan fingerprint density at radius 1 is 1.33 bits per heavy atom. The van der Waals surface area contributed by atoms with Gasteiger partial charge in [0.15, 0.2) is 0 Å². The predicted octanol–water partition coefficient (Wildman–Crippen LogP) is 4.15. The first-order valence-corrected chi connectivity index (χ1v) is 6.68. The van der Waals surface area contributed by atoms with Gasteiger partial charge in [-0.05, 0) is 36.5 Å². The first kappa shape index (κ1) is 15.6. The summed E-state index contributed by atoms with van der Waals surface area (Å²) in [6, 6.07) is 3.45. The molecule has 2 nitrogen and oxygen atoms in total. The molecule has 0 N–H and O–H groups in total. The number of ether oxygens (including phenoxy) is 1. The Morgan fingerprint density at radius 3 is 2.43 bits per heavy atom. The predicted molar refractivity (Wildman–Crippen MR) is 71.8 cm³/mol. The molecule has 0 unspecified atom stereocenters. The molecule has 0 heterocycles. The van der Waals surface area contributed by atoms with Crippen LogP contribution in [0.2, 0.25) is 0 Å². The van der Waals surface area contributed by atoms with Crippen LogP contribution in [0.3, 0.4) is 0 Å². The maximum atomic E-state index is 13.4. The molecule has 0 bridgehead atoms. The number of carbonyl (C=O) groups is 1. The molecule has 0 radical (unpaired) electrons. The summed E-state index contributed by atoms with van der Waals surface area (Å²) in [5, 5.41) is 0. The molecule has 0 spiro atoms. The lowest BCUT2D eigenvalue weighted by Gasteiger charge is -2.07.